The number of aryl methyl sites for hydroxylation is 1. The van der Waals surface area contributed by atoms with E-state index in [1.54, 1.807) is 13.0 Å². The van der Waals surface area contributed by atoms with Crippen LogP contribution < -0.4 is 5.43 Å². The van der Waals surface area contributed by atoms with Gasteiger partial charge in [0.15, 0.2) is 0 Å². The second kappa shape index (κ2) is 6.20. The van der Waals surface area contributed by atoms with E-state index in [1.165, 1.54) is 34.1 Å². The van der Waals surface area contributed by atoms with Crippen LogP contribution in [0.4, 0.5) is 13.2 Å². The Balaban J connectivity index is 1.75. The van der Waals surface area contributed by atoms with Crippen molar-refractivity contribution in [1.29, 1.82) is 0 Å². The zero-order valence-corrected chi connectivity index (χ0v) is 14.5. The lowest BCUT2D eigenvalue weighted by atomic mass is 10.2. The highest BCUT2D eigenvalue weighted by molar-refractivity contribution is 7.20. The van der Waals surface area contributed by atoms with Gasteiger partial charge < -0.3 is 0 Å². The van der Waals surface area contributed by atoms with Gasteiger partial charge in [0.25, 0.3) is 5.91 Å². The molecular weight excluding hydrogens is 381 g/mol. The minimum atomic E-state index is -4.45. The number of carbonyl (C=O) groups excluding carboxylic acids is 1. The fourth-order valence-corrected chi connectivity index (χ4v) is 3.65. The molecule has 0 atom stereocenters. The molecule has 0 saturated carbocycles. The van der Waals surface area contributed by atoms with E-state index >= 15 is 0 Å². The molecule has 3 aromatic heterocycles. The van der Waals surface area contributed by atoms with E-state index in [0.717, 1.165) is 23.5 Å². The number of hydrogen-bond donors (Lipinski definition) is 1. The number of benzene rings is 1. The van der Waals surface area contributed by atoms with Crippen LogP contribution in [0.2, 0.25) is 0 Å². The van der Waals surface area contributed by atoms with Gasteiger partial charge in [-0.15, -0.1) is 21.5 Å². The molecule has 1 N–H and O–H groups in total. The van der Waals surface area contributed by atoms with E-state index in [1.807, 2.05) is 0 Å². The lowest BCUT2D eigenvalue weighted by molar-refractivity contribution is -0.137. The van der Waals surface area contributed by atoms with Crippen LogP contribution in [0.5, 0.6) is 0 Å². The first-order valence-corrected chi connectivity index (χ1v) is 8.47. The van der Waals surface area contributed by atoms with Gasteiger partial charge >= 0.3 is 6.18 Å². The Hall–Kier alpha value is -3.21. The summed E-state index contributed by atoms with van der Waals surface area (Å²) in [7, 11) is 0. The molecule has 0 bridgehead atoms. The highest BCUT2D eigenvalue weighted by atomic mass is 32.1. The molecular formula is C16H11F3N6OS. The normalized spacial score (nSPS) is 11.9. The van der Waals surface area contributed by atoms with Crippen molar-refractivity contribution in [1.82, 2.24) is 24.7 Å². The summed E-state index contributed by atoms with van der Waals surface area (Å²) in [5.74, 6) is -0.383. The first-order valence-electron chi connectivity index (χ1n) is 7.66. The second-order valence-corrected chi connectivity index (χ2v) is 6.72. The van der Waals surface area contributed by atoms with Crippen molar-refractivity contribution >= 4 is 27.5 Å². The molecule has 1 amide bonds. The van der Waals surface area contributed by atoms with E-state index in [0.29, 0.717) is 20.8 Å². The molecule has 138 valence electrons. The molecule has 0 fully saturated rings. The third kappa shape index (κ3) is 3.16. The van der Waals surface area contributed by atoms with Crippen LogP contribution in [0.1, 0.15) is 20.9 Å². The summed E-state index contributed by atoms with van der Waals surface area (Å²) in [5.41, 5.74) is 2.71. The Labute approximate surface area is 154 Å². The van der Waals surface area contributed by atoms with Crippen molar-refractivity contribution in [3.63, 3.8) is 0 Å². The minimum absolute atomic E-state index is 0.274. The lowest BCUT2D eigenvalue weighted by Gasteiger charge is -2.09. The van der Waals surface area contributed by atoms with Gasteiger partial charge in [0.2, 0.25) is 0 Å². The molecule has 0 unspecified atom stereocenters. The lowest BCUT2D eigenvalue weighted by Crippen LogP contribution is -2.20. The standard InChI is InChI=1S/C16H11F3N6OS/c1-9-12-6-13(14(26)23-24-7-20-21-8-24)27-15(12)25(22-9)11-4-2-3-10(5-11)16(17,18)19/h2-8H,1H3,(H,23,26). The number of nitrogens with one attached hydrogen (secondary N) is 1. The molecule has 27 heavy (non-hydrogen) atoms. The summed E-state index contributed by atoms with van der Waals surface area (Å²) in [6.45, 7) is 1.74. The van der Waals surface area contributed by atoms with Crippen molar-refractivity contribution < 1.29 is 18.0 Å². The van der Waals surface area contributed by atoms with Crippen LogP contribution >= 0.6 is 11.3 Å². The van der Waals surface area contributed by atoms with E-state index in [2.05, 4.69) is 20.7 Å². The smallest absolute Gasteiger partial charge is 0.266 e. The highest BCUT2D eigenvalue weighted by Crippen LogP contribution is 2.33. The largest absolute Gasteiger partial charge is 0.416 e. The van der Waals surface area contributed by atoms with E-state index in [4.69, 9.17) is 0 Å². The molecule has 4 aromatic rings. The number of rotatable bonds is 3. The van der Waals surface area contributed by atoms with Gasteiger partial charge in [-0.1, -0.05) is 6.07 Å². The molecule has 4 rings (SSSR count). The number of hydrogen-bond acceptors (Lipinski definition) is 5. The first kappa shape index (κ1) is 17.2. The maximum atomic E-state index is 13.0. The van der Waals surface area contributed by atoms with Crippen molar-refractivity contribution in [3.8, 4) is 5.69 Å². The summed E-state index contributed by atoms with van der Waals surface area (Å²) in [5, 5.41) is 12.2. The maximum Gasteiger partial charge on any atom is 0.416 e. The van der Waals surface area contributed by atoms with Crippen LogP contribution in [-0.2, 0) is 6.18 Å². The van der Waals surface area contributed by atoms with E-state index < -0.39 is 11.7 Å². The van der Waals surface area contributed by atoms with Gasteiger partial charge in [-0.25, -0.2) is 9.36 Å². The number of halogens is 3. The summed E-state index contributed by atoms with van der Waals surface area (Å²) in [4.78, 5) is 13.3. The molecule has 1 aromatic carbocycles. The Kier molecular flexibility index (Phi) is 3.95. The quantitative estimate of drug-likeness (QED) is 0.580. The fraction of sp³-hybridized carbons (Fsp3) is 0.125. The van der Waals surface area contributed by atoms with Gasteiger partial charge in [0.1, 0.15) is 17.5 Å². The van der Waals surface area contributed by atoms with Gasteiger partial charge in [0, 0.05) is 5.39 Å². The first-order chi connectivity index (χ1) is 12.8. The van der Waals surface area contributed by atoms with Crippen molar-refractivity contribution in [2.24, 2.45) is 0 Å². The predicted molar refractivity (Wildman–Crippen MR) is 92.4 cm³/mol. The third-order valence-corrected chi connectivity index (χ3v) is 4.95. The molecule has 0 aliphatic heterocycles. The van der Waals surface area contributed by atoms with Crippen LogP contribution in [0.15, 0.2) is 43.0 Å². The molecule has 0 aliphatic rings. The minimum Gasteiger partial charge on any atom is -0.266 e. The summed E-state index contributed by atoms with van der Waals surface area (Å²) in [6, 6.07) is 6.56. The molecule has 0 radical (unpaired) electrons. The summed E-state index contributed by atoms with van der Waals surface area (Å²) < 4.78 is 41.7. The number of nitrogens with zero attached hydrogens (tertiary/aromatic N) is 5. The average Bonchev–Trinajstić information content (AvgIpc) is 3.33. The number of carbonyl (C=O) groups is 1. The van der Waals surface area contributed by atoms with Gasteiger partial charge in [-0.2, -0.15) is 18.3 Å². The number of amides is 1. The van der Waals surface area contributed by atoms with Crippen LogP contribution in [-0.4, -0.2) is 30.6 Å². The Morgan fingerprint density at radius 2 is 1.93 bits per heavy atom. The zero-order chi connectivity index (χ0) is 19.2. The van der Waals surface area contributed by atoms with Gasteiger partial charge in [-0.3, -0.25) is 10.2 Å². The van der Waals surface area contributed by atoms with Crippen LogP contribution in [0, 0.1) is 6.92 Å². The third-order valence-electron chi connectivity index (χ3n) is 3.84. The molecule has 0 spiro atoms. The van der Waals surface area contributed by atoms with Crippen LogP contribution in [0.25, 0.3) is 15.9 Å². The van der Waals surface area contributed by atoms with Crippen molar-refractivity contribution in [2.45, 2.75) is 13.1 Å². The van der Waals surface area contributed by atoms with Gasteiger partial charge in [0.05, 0.1) is 21.8 Å². The maximum absolute atomic E-state index is 13.0. The van der Waals surface area contributed by atoms with Crippen molar-refractivity contribution in [2.75, 3.05) is 5.43 Å². The molecule has 7 nitrogen and oxygen atoms in total. The molecule has 0 aliphatic carbocycles. The summed E-state index contributed by atoms with van der Waals surface area (Å²) in [6.07, 6.45) is -1.78. The van der Waals surface area contributed by atoms with Gasteiger partial charge in [-0.05, 0) is 31.2 Å². The monoisotopic (exact) mass is 392 g/mol. The Morgan fingerprint density at radius 1 is 1.19 bits per heavy atom. The van der Waals surface area contributed by atoms with Crippen LogP contribution in [0.3, 0.4) is 0 Å². The Bertz CT molecular complexity index is 1130. The second-order valence-electron chi connectivity index (χ2n) is 5.68. The summed E-state index contributed by atoms with van der Waals surface area (Å²) >= 11 is 1.14. The number of aromatic nitrogens is 5. The number of thiophene rings is 1. The number of alkyl halides is 3. The highest BCUT2D eigenvalue weighted by Gasteiger charge is 2.30. The van der Waals surface area contributed by atoms with E-state index in [-0.39, 0.29) is 11.6 Å². The molecule has 3 heterocycles. The average molecular weight is 392 g/mol. The number of fused-ring (bicyclic) bond motifs is 1. The fourth-order valence-electron chi connectivity index (χ4n) is 2.58. The topological polar surface area (TPSA) is 77.6 Å². The predicted octanol–water partition coefficient (Wildman–Crippen LogP) is 3.39. The Morgan fingerprint density at radius 3 is 2.63 bits per heavy atom. The van der Waals surface area contributed by atoms with Crippen molar-refractivity contribution in [3.05, 3.63) is 59.1 Å². The molecule has 0 saturated heterocycles. The SMILES string of the molecule is Cc1nn(-c2cccc(C(F)(F)F)c2)c2sc(C(=O)Nn3cnnc3)cc12. The molecule has 11 heteroatoms. The van der Waals surface area contributed by atoms with E-state index in [9.17, 15) is 18.0 Å². The zero-order valence-electron chi connectivity index (χ0n) is 13.7.